The van der Waals surface area contributed by atoms with Crippen LogP contribution in [0.2, 0.25) is 0 Å². The average molecular weight is 468 g/mol. The molecular weight excluding hydrogens is 434 g/mol. The van der Waals surface area contributed by atoms with E-state index >= 15 is 0 Å². The van der Waals surface area contributed by atoms with E-state index in [1.165, 1.54) is 28.0 Å². The number of ether oxygens (including phenoxy) is 2. The predicted octanol–water partition coefficient (Wildman–Crippen LogP) is 4.85. The molecule has 33 heavy (non-hydrogen) atoms. The van der Waals surface area contributed by atoms with Crippen LogP contribution in [0.1, 0.15) is 45.5 Å². The molecule has 0 fully saturated rings. The van der Waals surface area contributed by atoms with Gasteiger partial charge in [0.2, 0.25) is 0 Å². The molecule has 1 heterocycles. The van der Waals surface area contributed by atoms with Crippen LogP contribution < -0.4 is 14.8 Å². The fraction of sp³-hybridized carbons (Fsp3) is 0.385. The molecule has 2 aromatic carbocycles. The predicted molar refractivity (Wildman–Crippen MR) is 133 cm³/mol. The maximum atomic E-state index is 12.2. The molecule has 0 spiro atoms. The first kappa shape index (κ1) is 24.7. The Labute approximate surface area is 200 Å². The number of thiazole rings is 1. The van der Waals surface area contributed by atoms with Crippen molar-refractivity contribution in [3.05, 3.63) is 75.2 Å². The molecule has 1 aromatic heterocycles. The summed E-state index contributed by atoms with van der Waals surface area (Å²) in [7, 11) is 3.30. The number of amides is 1. The molecule has 0 aliphatic rings. The Kier molecular flexibility index (Phi) is 9.27. The summed E-state index contributed by atoms with van der Waals surface area (Å²) in [6.07, 6.45) is 1.77. The van der Waals surface area contributed by atoms with Crippen LogP contribution in [0.3, 0.4) is 0 Å². The SMILES string of the molecule is CCCNC(=O)c1csc(CN(CCc2ccc(OC)c(OC)c2)Cc2ccc(C)cc2)n1. The second kappa shape index (κ2) is 12.4. The number of carbonyl (C=O) groups is 1. The summed E-state index contributed by atoms with van der Waals surface area (Å²) in [5, 5.41) is 5.68. The summed E-state index contributed by atoms with van der Waals surface area (Å²) in [6, 6.07) is 14.7. The van der Waals surface area contributed by atoms with E-state index in [0.29, 0.717) is 18.8 Å². The summed E-state index contributed by atoms with van der Waals surface area (Å²) in [4.78, 5) is 19.2. The molecule has 3 rings (SSSR count). The summed E-state index contributed by atoms with van der Waals surface area (Å²) in [5.41, 5.74) is 4.18. The Balaban J connectivity index is 1.72. The molecule has 7 heteroatoms. The lowest BCUT2D eigenvalue weighted by Crippen LogP contribution is -2.26. The van der Waals surface area contributed by atoms with E-state index in [1.807, 2.05) is 24.4 Å². The second-order valence-electron chi connectivity index (χ2n) is 8.02. The van der Waals surface area contributed by atoms with Gasteiger partial charge in [-0.3, -0.25) is 9.69 Å². The highest BCUT2D eigenvalue weighted by molar-refractivity contribution is 7.09. The third kappa shape index (κ3) is 7.30. The van der Waals surface area contributed by atoms with E-state index in [-0.39, 0.29) is 5.91 Å². The van der Waals surface area contributed by atoms with Gasteiger partial charge in [0.25, 0.3) is 5.91 Å². The number of benzene rings is 2. The van der Waals surface area contributed by atoms with Gasteiger partial charge < -0.3 is 14.8 Å². The van der Waals surface area contributed by atoms with E-state index in [9.17, 15) is 4.79 Å². The topological polar surface area (TPSA) is 63.7 Å². The molecule has 0 saturated heterocycles. The van der Waals surface area contributed by atoms with Crippen LogP contribution in [0.25, 0.3) is 0 Å². The first-order valence-electron chi connectivity index (χ1n) is 11.2. The number of hydrogen-bond donors (Lipinski definition) is 1. The normalized spacial score (nSPS) is 10.9. The highest BCUT2D eigenvalue weighted by atomic mass is 32.1. The maximum Gasteiger partial charge on any atom is 0.270 e. The molecule has 0 unspecified atom stereocenters. The van der Waals surface area contributed by atoms with Crippen molar-refractivity contribution >= 4 is 17.2 Å². The average Bonchev–Trinajstić information content (AvgIpc) is 3.30. The fourth-order valence-corrected chi connectivity index (χ4v) is 4.31. The van der Waals surface area contributed by atoms with Gasteiger partial charge in [-0.2, -0.15) is 0 Å². The van der Waals surface area contributed by atoms with Crippen molar-refractivity contribution in [1.29, 1.82) is 0 Å². The molecule has 1 N–H and O–H groups in total. The smallest absolute Gasteiger partial charge is 0.270 e. The molecule has 1 amide bonds. The number of rotatable bonds is 12. The van der Waals surface area contributed by atoms with Crippen LogP contribution in [0.4, 0.5) is 0 Å². The van der Waals surface area contributed by atoms with Crippen molar-refractivity contribution in [2.45, 2.75) is 39.8 Å². The number of carbonyl (C=O) groups excluding carboxylic acids is 1. The molecule has 0 saturated carbocycles. The number of methoxy groups -OCH3 is 2. The number of nitrogens with zero attached hydrogens (tertiary/aromatic N) is 2. The monoisotopic (exact) mass is 467 g/mol. The molecule has 0 aliphatic heterocycles. The van der Waals surface area contributed by atoms with Crippen LogP contribution in [-0.2, 0) is 19.5 Å². The van der Waals surface area contributed by atoms with Crippen LogP contribution in [-0.4, -0.2) is 43.1 Å². The number of hydrogen-bond acceptors (Lipinski definition) is 6. The van der Waals surface area contributed by atoms with Crippen LogP contribution in [0, 0.1) is 6.92 Å². The minimum absolute atomic E-state index is 0.102. The van der Waals surface area contributed by atoms with E-state index in [1.54, 1.807) is 14.2 Å². The van der Waals surface area contributed by atoms with Gasteiger partial charge in [0.15, 0.2) is 11.5 Å². The summed E-state index contributed by atoms with van der Waals surface area (Å²) < 4.78 is 10.8. The first-order valence-corrected chi connectivity index (χ1v) is 12.1. The van der Waals surface area contributed by atoms with E-state index in [2.05, 4.69) is 52.5 Å². The Hall–Kier alpha value is -2.90. The van der Waals surface area contributed by atoms with Gasteiger partial charge in [-0.15, -0.1) is 11.3 Å². The van der Waals surface area contributed by atoms with Crippen molar-refractivity contribution in [3.8, 4) is 11.5 Å². The molecule has 176 valence electrons. The summed E-state index contributed by atoms with van der Waals surface area (Å²) in [5.74, 6) is 1.37. The van der Waals surface area contributed by atoms with Crippen molar-refractivity contribution in [2.75, 3.05) is 27.3 Å². The zero-order valence-corrected chi connectivity index (χ0v) is 20.7. The van der Waals surface area contributed by atoms with Gasteiger partial charge in [0.1, 0.15) is 10.7 Å². The lowest BCUT2D eigenvalue weighted by Gasteiger charge is -2.22. The first-order chi connectivity index (χ1) is 16.0. The Bertz CT molecular complexity index is 1030. The van der Waals surface area contributed by atoms with Gasteiger partial charge in [0.05, 0.1) is 20.8 Å². The largest absolute Gasteiger partial charge is 0.493 e. The molecule has 0 radical (unpaired) electrons. The third-order valence-corrected chi connectivity index (χ3v) is 6.20. The fourth-order valence-electron chi connectivity index (χ4n) is 3.50. The lowest BCUT2D eigenvalue weighted by atomic mass is 10.1. The minimum atomic E-state index is -0.102. The second-order valence-corrected chi connectivity index (χ2v) is 8.96. The molecular formula is C26H33N3O3S. The molecule has 0 atom stereocenters. The zero-order valence-electron chi connectivity index (χ0n) is 19.9. The summed E-state index contributed by atoms with van der Waals surface area (Å²) >= 11 is 1.54. The Morgan fingerprint density at radius 1 is 1.03 bits per heavy atom. The Morgan fingerprint density at radius 2 is 1.76 bits per heavy atom. The third-order valence-electron chi connectivity index (χ3n) is 5.37. The van der Waals surface area contributed by atoms with E-state index < -0.39 is 0 Å². The molecule has 0 bridgehead atoms. The highest BCUT2D eigenvalue weighted by Crippen LogP contribution is 2.28. The van der Waals surface area contributed by atoms with Gasteiger partial charge in [-0.25, -0.2) is 4.98 Å². The minimum Gasteiger partial charge on any atom is -0.493 e. The zero-order chi connectivity index (χ0) is 23.6. The van der Waals surface area contributed by atoms with Gasteiger partial charge >= 0.3 is 0 Å². The van der Waals surface area contributed by atoms with Crippen molar-refractivity contribution in [3.63, 3.8) is 0 Å². The molecule has 3 aromatic rings. The van der Waals surface area contributed by atoms with Crippen LogP contribution in [0.15, 0.2) is 47.8 Å². The van der Waals surface area contributed by atoms with Crippen LogP contribution in [0.5, 0.6) is 11.5 Å². The van der Waals surface area contributed by atoms with Gasteiger partial charge in [0, 0.05) is 25.0 Å². The van der Waals surface area contributed by atoms with E-state index in [0.717, 1.165) is 42.4 Å². The summed E-state index contributed by atoms with van der Waals surface area (Å²) in [6.45, 7) is 7.14. The van der Waals surface area contributed by atoms with Crippen LogP contribution >= 0.6 is 11.3 Å². The van der Waals surface area contributed by atoms with Crippen molar-refractivity contribution < 1.29 is 14.3 Å². The lowest BCUT2D eigenvalue weighted by molar-refractivity contribution is 0.0949. The number of nitrogens with one attached hydrogen (secondary N) is 1. The maximum absolute atomic E-state index is 12.2. The number of aromatic nitrogens is 1. The van der Waals surface area contributed by atoms with Gasteiger partial charge in [-0.05, 0) is 43.0 Å². The van der Waals surface area contributed by atoms with E-state index in [4.69, 9.17) is 9.47 Å². The molecule has 0 aliphatic carbocycles. The van der Waals surface area contributed by atoms with Crippen molar-refractivity contribution in [2.24, 2.45) is 0 Å². The van der Waals surface area contributed by atoms with Gasteiger partial charge in [-0.1, -0.05) is 42.8 Å². The number of aryl methyl sites for hydroxylation is 1. The highest BCUT2D eigenvalue weighted by Gasteiger charge is 2.14. The Morgan fingerprint density at radius 3 is 2.45 bits per heavy atom. The molecule has 6 nitrogen and oxygen atoms in total. The van der Waals surface area contributed by atoms with Crippen molar-refractivity contribution in [1.82, 2.24) is 15.2 Å². The quantitative estimate of drug-likeness (QED) is 0.412. The standard InChI is InChI=1S/C26H33N3O3S/c1-5-13-27-26(30)22-18-33-25(28-22)17-29(16-21-8-6-19(2)7-9-21)14-12-20-10-11-23(31-3)24(15-20)32-4/h6-11,15,18H,5,12-14,16-17H2,1-4H3,(H,27,30).